The van der Waals surface area contributed by atoms with Gasteiger partial charge in [0.05, 0.1) is 11.4 Å². The standard InChI is InChI=1S/C28H19BrClNO3S/c29-21-10-5-18(6-11-21)16-31-27(32)26(35-28(31)33)15-24-23-4-2-1-3-20(23)9-14-25(24)34-17-19-7-12-22(30)13-8-19/h1-15H,16-17H2/b26-15-. The lowest BCUT2D eigenvalue weighted by Crippen LogP contribution is -2.27. The number of fused-ring (bicyclic) bond motifs is 1. The zero-order valence-corrected chi connectivity index (χ0v) is 21.6. The first kappa shape index (κ1) is 23.7. The molecule has 1 fully saturated rings. The van der Waals surface area contributed by atoms with Gasteiger partial charge in [-0.3, -0.25) is 14.5 Å². The van der Waals surface area contributed by atoms with Gasteiger partial charge in [-0.25, -0.2) is 0 Å². The fraction of sp³-hybridized carbons (Fsp3) is 0.0714. The van der Waals surface area contributed by atoms with Crippen molar-refractivity contribution < 1.29 is 14.3 Å². The molecule has 0 spiro atoms. The average Bonchev–Trinajstić information content (AvgIpc) is 3.13. The molecule has 35 heavy (non-hydrogen) atoms. The van der Waals surface area contributed by atoms with E-state index in [1.807, 2.05) is 84.9 Å². The Morgan fingerprint density at radius 3 is 2.37 bits per heavy atom. The van der Waals surface area contributed by atoms with E-state index < -0.39 is 0 Å². The maximum absolute atomic E-state index is 13.2. The summed E-state index contributed by atoms with van der Waals surface area (Å²) < 4.78 is 7.11. The summed E-state index contributed by atoms with van der Waals surface area (Å²) in [4.78, 5) is 27.6. The van der Waals surface area contributed by atoms with Gasteiger partial charge in [-0.05, 0) is 70.1 Å². The van der Waals surface area contributed by atoms with Crippen LogP contribution in [0.15, 0.2) is 94.3 Å². The molecular formula is C28H19BrClNO3S. The van der Waals surface area contributed by atoms with Crippen molar-refractivity contribution in [2.75, 3.05) is 0 Å². The number of benzene rings is 4. The molecular weight excluding hydrogens is 546 g/mol. The summed E-state index contributed by atoms with van der Waals surface area (Å²) in [6.07, 6.45) is 1.77. The molecule has 1 aliphatic heterocycles. The molecule has 1 heterocycles. The molecule has 0 unspecified atom stereocenters. The Morgan fingerprint density at radius 1 is 0.886 bits per heavy atom. The Labute approximate surface area is 220 Å². The van der Waals surface area contributed by atoms with Crippen molar-refractivity contribution >= 4 is 67.3 Å². The normalized spacial score (nSPS) is 14.8. The van der Waals surface area contributed by atoms with Crippen molar-refractivity contribution in [3.8, 4) is 5.75 Å². The number of ether oxygens (including phenoxy) is 1. The Balaban J connectivity index is 1.46. The first-order valence-corrected chi connectivity index (χ1v) is 12.9. The number of carbonyl (C=O) groups is 2. The van der Waals surface area contributed by atoms with E-state index in [1.54, 1.807) is 6.08 Å². The molecule has 5 rings (SSSR count). The molecule has 7 heteroatoms. The lowest BCUT2D eigenvalue weighted by atomic mass is 10.0. The molecule has 0 N–H and O–H groups in total. The summed E-state index contributed by atoms with van der Waals surface area (Å²) in [6, 6.07) is 26.8. The average molecular weight is 565 g/mol. The van der Waals surface area contributed by atoms with E-state index in [-0.39, 0.29) is 17.7 Å². The van der Waals surface area contributed by atoms with Crippen LogP contribution in [0, 0.1) is 0 Å². The summed E-state index contributed by atoms with van der Waals surface area (Å²) in [7, 11) is 0. The summed E-state index contributed by atoms with van der Waals surface area (Å²) >= 11 is 10.4. The molecule has 1 saturated heterocycles. The number of nitrogens with zero attached hydrogens (tertiary/aromatic N) is 1. The van der Waals surface area contributed by atoms with Crippen LogP contribution < -0.4 is 4.74 Å². The van der Waals surface area contributed by atoms with Crippen LogP contribution in [-0.2, 0) is 17.9 Å². The molecule has 0 aliphatic carbocycles. The third-order valence-corrected chi connectivity index (χ3v) is 7.33. The minimum absolute atomic E-state index is 0.227. The van der Waals surface area contributed by atoms with Crippen molar-refractivity contribution in [2.24, 2.45) is 0 Å². The molecule has 174 valence electrons. The Bertz CT molecular complexity index is 1450. The monoisotopic (exact) mass is 563 g/mol. The Hall–Kier alpha value is -3.06. The number of hydrogen-bond acceptors (Lipinski definition) is 4. The number of amides is 2. The molecule has 0 saturated carbocycles. The molecule has 0 atom stereocenters. The maximum Gasteiger partial charge on any atom is 0.293 e. The van der Waals surface area contributed by atoms with Crippen LogP contribution in [0.5, 0.6) is 5.75 Å². The van der Waals surface area contributed by atoms with E-state index in [4.69, 9.17) is 16.3 Å². The molecule has 4 aromatic carbocycles. The first-order valence-electron chi connectivity index (χ1n) is 10.9. The van der Waals surface area contributed by atoms with E-state index >= 15 is 0 Å². The van der Waals surface area contributed by atoms with Gasteiger partial charge in [-0.1, -0.05) is 82.1 Å². The Morgan fingerprint density at radius 2 is 1.60 bits per heavy atom. The van der Waals surface area contributed by atoms with E-state index in [9.17, 15) is 9.59 Å². The largest absolute Gasteiger partial charge is 0.488 e. The topological polar surface area (TPSA) is 46.6 Å². The van der Waals surface area contributed by atoms with Gasteiger partial charge in [0.25, 0.3) is 11.1 Å². The van der Waals surface area contributed by atoms with Crippen LogP contribution in [0.2, 0.25) is 5.02 Å². The number of hydrogen-bond donors (Lipinski definition) is 0. The quantitative estimate of drug-likeness (QED) is 0.222. The van der Waals surface area contributed by atoms with Crippen molar-refractivity contribution in [1.29, 1.82) is 0 Å². The van der Waals surface area contributed by atoms with Gasteiger partial charge in [0.15, 0.2) is 0 Å². The highest BCUT2D eigenvalue weighted by Crippen LogP contribution is 2.37. The van der Waals surface area contributed by atoms with Crippen LogP contribution in [0.25, 0.3) is 16.8 Å². The molecule has 4 nitrogen and oxygen atoms in total. The van der Waals surface area contributed by atoms with Gasteiger partial charge in [-0.2, -0.15) is 0 Å². The minimum Gasteiger partial charge on any atom is -0.488 e. The van der Waals surface area contributed by atoms with Gasteiger partial charge in [0.2, 0.25) is 0 Å². The molecule has 0 radical (unpaired) electrons. The van der Waals surface area contributed by atoms with Crippen molar-refractivity contribution in [2.45, 2.75) is 13.2 Å². The van der Waals surface area contributed by atoms with Crippen LogP contribution in [-0.4, -0.2) is 16.0 Å². The second-order valence-corrected chi connectivity index (χ2v) is 10.4. The highest BCUT2D eigenvalue weighted by atomic mass is 79.9. The highest BCUT2D eigenvalue weighted by molar-refractivity contribution is 9.10. The zero-order valence-electron chi connectivity index (χ0n) is 18.4. The van der Waals surface area contributed by atoms with Crippen LogP contribution in [0.1, 0.15) is 16.7 Å². The summed E-state index contributed by atoms with van der Waals surface area (Å²) in [5, 5.41) is 2.35. The minimum atomic E-state index is -0.306. The summed E-state index contributed by atoms with van der Waals surface area (Å²) in [5.41, 5.74) is 2.63. The first-order chi connectivity index (χ1) is 17.0. The molecule has 4 aromatic rings. The zero-order chi connectivity index (χ0) is 24.4. The van der Waals surface area contributed by atoms with E-state index in [1.165, 1.54) is 4.90 Å². The summed E-state index contributed by atoms with van der Waals surface area (Å²) in [5.74, 6) is 0.331. The van der Waals surface area contributed by atoms with Crippen molar-refractivity contribution in [1.82, 2.24) is 4.90 Å². The maximum atomic E-state index is 13.2. The van der Waals surface area contributed by atoms with Gasteiger partial charge in [0, 0.05) is 15.1 Å². The third kappa shape index (κ3) is 5.30. The SMILES string of the molecule is O=C1S/C(=C\c2c(OCc3ccc(Cl)cc3)ccc3ccccc23)C(=O)N1Cc1ccc(Br)cc1. The number of carbonyl (C=O) groups excluding carboxylic acids is 2. The van der Waals surface area contributed by atoms with E-state index in [0.717, 1.165) is 43.7 Å². The third-order valence-electron chi connectivity index (χ3n) is 5.64. The second-order valence-electron chi connectivity index (χ2n) is 8.01. The lowest BCUT2D eigenvalue weighted by Gasteiger charge is -2.14. The van der Waals surface area contributed by atoms with Crippen molar-refractivity contribution in [3.05, 3.63) is 116 Å². The van der Waals surface area contributed by atoms with E-state index in [0.29, 0.717) is 22.3 Å². The van der Waals surface area contributed by atoms with Gasteiger partial charge >= 0.3 is 0 Å². The highest BCUT2D eigenvalue weighted by Gasteiger charge is 2.35. The predicted octanol–water partition coefficient (Wildman–Crippen LogP) is 8.07. The molecule has 2 amide bonds. The van der Waals surface area contributed by atoms with Crippen LogP contribution >= 0.6 is 39.3 Å². The smallest absolute Gasteiger partial charge is 0.293 e. The van der Waals surface area contributed by atoms with Crippen LogP contribution in [0.4, 0.5) is 4.79 Å². The van der Waals surface area contributed by atoms with E-state index in [2.05, 4.69) is 15.9 Å². The summed E-state index contributed by atoms with van der Waals surface area (Å²) in [6.45, 7) is 0.576. The molecule has 0 aromatic heterocycles. The van der Waals surface area contributed by atoms with Crippen molar-refractivity contribution in [3.63, 3.8) is 0 Å². The second kappa shape index (κ2) is 10.3. The van der Waals surface area contributed by atoms with Gasteiger partial charge < -0.3 is 4.74 Å². The predicted molar refractivity (Wildman–Crippen MR) is 145 cm³/mol. The fourth-order valence-electron chi connectivity index (χ4n) is 3.83. The number of rotatable bonds is 6. The Kier molecular flexibility index (Phi) is 6.95. The lowest BCUT2D eigenvalue weighted by molar-refractivity contribution is -0.123. The van der Waals surface area contributed by atoms with Gasteiger partial charge in [0.1, 0.15) is 12.4 Å². The van der Waals surface area contributed by atoms with Crippen LogP contribution in [0.3, 0.4) is 0 Å². The van der Waals surface area contributed by atoms with Gasteiger partial charge in [-0.15, -0.1) is 0 Å². The number of halogens is 2. The fourth-order valence-corrected chi connectivity index (χ4v) is 5.04. The number of thioether (sulfide) groups is 1. The molecule has 0 bridgehead atoms. The molecule has 1 aliphatic rings. The number of imide groups is 1.